The van der Waals surface area contributed by atoms with Crippen LogP contribution in [0.25, 0.3) is 10.8 Å². The summed E-state index contributed by atoms with van der Waals surface area (Å²) in [5.41, 5.74) is 0.845. The van der Waals surface area contributed by atoms with E-state index in [4.69, 9.17) is 16.3 Å². The van der Waals surface area contributed by atoms with E-state index in [9.17, 15) is 8.42 Å². The molecule has 0 saturated heterocycles. The van der Waals surface area contributed by atoms with Gasteiger partial charge in [0, 0.05) is 22.3 Å². The van der Waals surface area contributed by atoms with E-state index < -0.39 is 10.0 Å². The number of methoxy groups -OCH3 is 1. The van der Waals surface area contributed by atoms with E-state index in [1.807, 2.05) is 18.2 Å². The highest BCUT2D eigenvalue weighted by molar-refractivity contribution is 7.89. The summed E-state index contributed by atoms with van der Waals surface area (Å²) in [6, 6.07) is 17.5. The molecule has 0 radical (unpaired) electrons. The van der Waals surface area contributed by atoms with Gasteiger partial charge in [-0.3, -0.25) is 0 Å². The van der Waals surface area contributed by atoms with Gasteiger partial charge in [-0.2, -0.15) is 0 Å². The van der Waals surface area contributed by atoms with E-state index in [0.29, 0.717) is 15.8 Å². The molecule has 0 aliphatic rings. The zero-order valence-corrected chi connectivity index (χ0v) is 14.6. The quantitative estimate of drug-likeness (QED) is 0.747. The first-order valence-corrected chi connectivity index (χ1v) is 9.17. The lowest BCUT2D eigenvalue weighted by molar-refractivity contribution is 0.414. The molecule has 0 heterocycles. The van der Waals surface area contributed by atoms with Gasteiger partial charge in [-0.15, -0.1) is 0 Å². The second-order valence-corrected chi connectivity index (χ2v) is 7.41. The predicted octanol–water partition coefficient (Wildman–Crippen LogP) is 3.98. The van der Waals surface area contributed by atoms with Crippen molar-refractivity contribution in [1.82, 2.24) is 4.72 Å². The molecule has 24 heavy (non-hydrogen) atoms. The second-order valence-electron chi connectivity index (χ2n) is 5.26. The van der Waals surface area contributed by atoms with E-state index in [-0.39, 0.29) is 11.4 Å². The minimum absolute atomic E-state index is 0.198. The van der Waals surface area contributed by atoms with E-state index in [1.54, 1.807) is 43.5 Å². The number of sulfonamides is 1. The van der Waals surface area contributed by atoms with Gasteiger partial charge in [-0.1, -0.05) is 48.0 Å². The average Bonchev–Trinajstić information content (AvgIpc) is 2.61. The summed E-state index contributed by atoms with van der Waals surface area (Å²) in [6.45, 7) is 0.198. The predicted molar refractivity (Wildman–Crippen MR) is 96.0 cm³/mol. The Balaban J connectivity index is 1.89. The highest BCUT2D eigenvalue weighted by Crippen LogP contribution is 2.29. The summed E-state index contributed by atoms with van der Waals surface area (Å²) in [5.74, 6) is 0.727. The van der Waals surface area contributed by atoms with E-state index in [1.165, 1.54) is 6.07 Å². The first-order chi connectivity index (χ1) is 11.5. The Morgan fingerprint density at radius 3 is 2.29 bits per heavy atom. The largest absolute Gasteiger partial charge is 0.497 e. The van der Waals surface area contributed by atoms with Crippen molar-refractivity contribution in [1.29, 1.82) is 0 Å². The molecule has 0 spiro atoms. The first kappa shape index (κ1) is 16.8. The van der Waals surface area contributed by atoms with Gasteiger partial charge >= 0.3 is 0 Å². The highest BCUT2D eigenvalue weighted by atomic mass is 35.5. The molecule has 0 amide bonds. The van der Waals surface area contributed by atoms with Gasteiger partial charge in [-0.05, 0) is 29.8 Å². The molecule has 0 unspecified atom stereocenters. The van der Waals surface area contributed by atoms with E-state index in [0.717, 1.165) is 11.3 Å². The lowest BCUT2D eigenvalue weighted by Gasteiger charge is -2.11. The molecule has 3 aromatic rings. The molecule has 6 heteroatoms. The number of rotatable bonds is 5. The Morgan fingerprint density at radius 2 is 1.62 bits per heavy atom. The fraction of sp³-hybridized carbons (Fsp3) is 0.111. The van der Waals surface area contributed by atoms with Crippen LogP contribution in [0.4, 0.5) is 0 Å². The zero-order valence-electron chi connectivity index (χ0n) is 13.0. The molecule has 0 bridgehead atoms. The first-order valence-electron chi connectivity index (χ1n) is 7.31. The van der Waals surface area contributed by atoms with Crippen LogP contribution in [0, 0.1) is 0 Å². The number of halogens is 1. The second kappa shape index (κ2) is 6.81. The van der Waals surface area contributed by atoms with Crippen molar-refractivity contribution < 1.29 is 13.2 Å². The van der Waals surface area contributed by atoms with Gasteiger partial charge in [0.1, 0.15) is 5.75 Å². The van der Waals surface area contributed by atoms with Gasteiger partial charge in [0.15, 0.2) is 0 Å². The Morgan fingerprint density at radius 1 is 0.958 bits per heavy atom. The van der Waals surface area contributed by atoms with Crippen molar-refractivity contribution in [2.75, 3.05) is 7.11 Å². The Hall–Kier alpha value is -2.08. The van der Waals surface area contributed by atoms with E-state index in [2.05, 4.69) is 4.72 Å². The maximum Gasteiger partial charge on any atom is 0.241 e. The van der Waals surface area contributed by atoms with Crippen LogP contribution in [0.3, 0.4) is 0 Å². The smallest absolute Gasteiger partial charge is 0.241 e. The summed E-state index contributed by atoms with van der Waals surface area (Å²) >= 11 is 6.15. The third kappa shape index (κ3) is 3.38. The molecule has 0 aliphatic carbocycles. The Kier molecular flexibility index (Phi) is 4.76. The number of fused-ring (bicyclic) bond motifs is 1. The van der Waals surface area contributed by atoms with Gasteiger partial charge in [0.05, 0.1) is 12.0 Å². The molecule has 3 aromatic carbocycles. The fourth-order valence-electron chi connectivity index (χ4n) is 2.47. The standard InChI is InChI=1S/C18H16ClNO3S/c1-23-14-8-6-13(7-9-14)12-20-24(21,22)18-11-10-17(19)15-4-2-3-5-16(15)18/h2-11,20H,12H2,1H3. The topological polar surface area (TPSA) is 55.4 Å². The summed E-state index contributed by atoms with van der Waals surface area (Å²) in [5, 5.41) is 1.85. The SMILES string of the molecule is COc1ccc(CNS(=O)(=O)c2ccc(Cl)c3ccccc23)cc1. The van der Waals surface area contributed by atoms with Gasteiger partial charge in [0.2, 0.25) is 10.0 Å². The molecule has 0 atom stereocenters. The number of nitrogens with one attached hydrogen (secondary N) is 1. The van der Waals surface area contributed by atoms with Crippen LogP contribution < -0.4 is 9.46 Å². The fourth-order valence-corrected chi connectivity index (χ4v) is 3.92. The molecule has 124 valence electrons. The molecule has 0 fully saturated rings. The number of hydrogen-bond donors (Lipinski definition) is 1. The highest BCUT2D eigenvalue weighted by Gasteiger charge is 2.18. The average molecular weight is 362 g/mol. The molecular formula is C18H16ClNO3S. The molecule has 0 aliphatic heterocycles. The summed E-state index contributed by atoms with van der Waals surface area (Å²) in [6.07, 6.45) is 0. The van der Waals surface area contributed by atoms with Crippen LogP contribution in [0.2, 0.25) is 5.02 Å². The molecular weight excluding hydrogens is 346 g/mol. The Bertz CT molecular complexity index is 969. The normalized spacial score (nSPS) is 11.6. The van der Waals surface area contributed by atoms with Gasteiger partial charge < -0.3 is 4.74 Å². The van der Waals surface area contributed by atoms with Crippen LogP contribution in [-0.2, 0) is 16.6 Å². The molecule has 0 saturated carbocycles. The van der Waals surface area contributed by atoms with Gasteiger partial charge in [0.25, 0.3) is 0 Å². The van der Waals surface area contributed by atoms with Crippen molar-refractivity contribution >= 4 is 32.4 Å². The maximum absolute atomic E-state index is 12.7. The number of hydrogen-bond acceptors (Lipinski definition) is 3. The minimum atomic E-state index is -3.66. The molecule has 0 aromatic heterocycles. The lowest BCUT2D eigenvalue weighted by Crippen LogP contribution is -2.23. The third-order valence-corrected chi connectivity index (χ3v) is 5.53. The van der Waals surface area contributed by atoms with Gasteiger partial charge in [-0.25, -0.2) is 13.1 Å². The van der Waals surface area contributed by atoms with Crippen LogP contribution in [0.15, 0.2) is 65.6 Å². The van der Waals surface area contributed by atoms with Crippen LogP contribution in [0.5, 0.6) is 5.75 Å². The minimum Gasteiger partial charge on any atom is -0.497 e. The van der Waals surface area contributed by atoms with Crippen LogP contribution >= 0.6 is 11.6 Å². The van der Waals surface area contributed by atoms with Crippen molar-refractivity contribution in [3.05, 3.63) is 71.2 Å². The lowest BCUT2D eigenvalue weighted by atomic mass is 10.1. The van der Waals surface area contributed by atoms with Crippen LogP contribution in [0.1, 0.15) is 5.56 Å². The van der Waals surface area contributed by atoms with Crippen molar-refractivity contribution in [3.63, 3.8) is 0 Å². The van der Waals surface area contributed by atoms with Crippen molar-refractivity contribution in [2.24, 2.45) is 0 Å². The Labute approximate surface area is 146 Å². The van der Waals surface area contributed by atoms with Crippen molar-refractivity contribution in [2.45, 2.75) is 11.4 Å². The van der Waals surface area contributed by atoms with Crippen molar-refractivity contribution in [3.8, 4) is 5.75 Å². The maximum atomic E-state index is 12.7. The summed E-state index contributed by atoms with van der Waals surface area (Å²) < 4.78 is 33.1. The van der Waals surface area contributed by atoms with E-state index >= 15 is 0 Å². The molecule has 1 N–H and O–H groups in total. The molecule has 3 rings (SSSR count). The number of benzene rings is 3. The van der Waals surface area contributed by atoms with Crippen LogP contribution in [-0.4, -0.2) is 15.5 Å². The number of ether oxygens (including phenoxy) is 1. The third-order valence-electron chi connectivity index (χ3n) is 3.75. The zero-order chi connectivity index (χ0) is 17.2. The summed E-state index contributed by atoms with van der Waals surface area (Å²) in [7, 11) is -2.07. The molecule has 4 nitrogen and oxygen atoms in total. The monoisotopic (exact) mass is 361 g/mol. The summed E-state index contributed by atoms with van der Waals surface area (Å²) in [4.78, 5) is 0.219.